The number of pyridine rings is 1. The molecule has 0 aliphatic heterocycles. The molecule has 0 bridgehead atoms. The van der Waals surface area contributed by atoms with Gasteiger partial charge < -0.3 is 5.32 Å². The number of hydrogen-bond acceptors (Lipinski definition) is 2. The van der Waals surface area contributed by atoms with Crippen molar-refractivity contribution in [3.05, 3.63) is 95.3 Å². The molecule has 3 aromatic rings. The van der Waals surface area contributed by atoms with Crippen LogP contribution in [0, 0.1) is 0 Å². The molecule has 1 aromatic heterocycles. The zero-order valence-electron chi connectivity index (χ0n) is 13.5. The van der Waals surface area contributed by atoms with Gasteiger partial charge in [0.1, 0.15) is 0 Å². The average molecular weight is 349 g/mol. The van der Waals surface area contributed by atoms with Crippen LogP contribution >= 0.6 is 11.6 Å². The fourth-order valence-electron chi connectivity index (χ4n) is 2.47. The zero-order chi connectivity index (χ0) is 17.5. The van der Waals surface area contributed by atoms with Crippen LogP contribution < -0.4 is 5.32 Å². The first kappa shape index (κ1) is 16.9. The lowest BCUT2D eigenvalue weighted by molar-refractivity contribution is -0.116. The summed E-state index contributed by atoms with van der Waals surface area (Å²) in [5.41, 5.74) is 4.14. The molecule has 1 heterocycles. The van der Waals surface area contributed by atoms with Crippen molar-refractivity contribution in [3.8, 4) is 11.1 Å². The smallest absolute Gasteiger partial charge is 0.244 e. The SMILES string of the molecule is O=C(/C=C/c1ccncc1)NCc1ccccc1-c1ccc(Cl)cc1. The van der Waals surface area contributed by atoms with E-state index < -0.39 is 0 Å². The molecule has 0 aliphatic carbocycles. The Balaban J connectivity index is 1.68. The number of rotatable bonds is 5. The van der Waals surface area contributed by atoms with E-state index in [9.17, 15) is 4.79 Å². The normalized spacial score (nSPS) is 10.8. The van der Waals surface area contributed by atoms with E-state index >= 15 is 0 Å². The van der Waals surface area contributed by atoms with Gasteiger partial charge in [0.15, 0.2) is 0 Å². The third-order valence-electron chi connectivity index (χ3n) is 3.76. The first-order chi connectivity index (χ1) is 12.2. The highest BCUT2D eigenvalue weighted by atomic mass is 35.5. The van der Waals surface area contributed by atoms with Crippen LogP contribution in [0.15, 0.2) is 79.1 Å². The predicted octanol–water partition coefficient (Wildman–Crippen LogP) is 4.73. The van der Waals surface area contributed by atoms with Crippen LogP contribution in [-0.2, 0) is 11.3 Å². The minimum Gasteiger partial charge on any atom is -0.348 e. The monoisotopic (exact) mass is 348 g/mol. The third kappa shape index (κ3) is 4.78. The Hall–Kier alpha value is -2.91. The number of benzene rings is 2. The van der Waals surface area contributed by atoms with E-state index in [4.69, 9.17) is 11.6 Å². The van der Waals surface area contributed by atoms with Crippen molar-refractivity contribution in [3.63, 3.8) is 0 Å². The quantitative estimate of drug-likeness (QED) is 0.677. The van der Waals surface area contributed by atoms with Gasteiger partial charge in [-0.05, 0) is 52.6 Å². The molecule has 25 heavy (non-hydrogen) atoms. The Morgan fingerprint density at radius 2 is 1.72 bits per heavy atom. The van der Waals surface area contributed by atoms with E-state index in [2.05, 4.69) is 10.3 Å². The molecule has 0 fully saturated rings. The van der Waals surface area contributed by atoms with E-state index in [0.717, 1.165) is 22.3 Å². The molecule has 2 aromatic carbocycles. The van der Waals surface area contributed by atoms with Gasteiger partial charge >= 0.3 is 0 Å². The molecule has 0 unspecified atom stereocenters. The first-order valence-electron chi connectivity index (χ1n) is 7.92. The number of carbonyl (C=O) groups is 1. The highest BCUT2D eigenvalue weighted by Crippen LogP contribution is 2.25. The maximum Gasteiger partial charge on any atom is 0.244 e. The van der Waals surface area contributed by atoms with Crippen molar-refractivity contribution in [2.24, 2.45) is 0 Å². The van der Waals surface area contributed by atoms with Gasteiger partial charge in [-0.2, -0.15) is 0 Å². The predicted molar refractivity (Wildman–Crippen MR) is 102 cm³/mol. The Kier molecular flexibility index (Phi) is 5.60. The van der Waals surface area contributed by atoms with Crippen LogP contribution in [0.5, 0.6) is 0 Å². The van der Waals surface area contributed by atoms with Crippen molar-refractivity contribution in [1.29, 1.82) is 0 Å². The van der Waals surface area contributed by atoms with E-state index in [1.165, 1.54) is 6.08 Å². The van der Waals surface area contributed by atoms with Crippen LogP contribution in [0.2, 0.25) is 5.02 Å². The first-order valence-corrected chi connectivity index (χ1v) is 8.30. The Morgan fingerprint density at radius 3 is 2.48 bits per heavy atom. The number of halogens is 1. The van der Waals surface area contributed by atoms with Crippen molar-refractivity contribution < 1.29 is 4.79 Å². The van der Waals surface area contributed by atoms with Crippen LogP contribution in [0.1, 0.15) is 11.1 Å². The maximum atomic E-state index is 12.1. The van der Waals surface area contributed by atoms with Crippen LogP contribution in [0.3, 0.4) is 0 Å². The summed E-state index contributed by atoms with van der Waals surface area (Å²) in [7, 11) is 0. The number of amides is 1. The molecule has 0 saturated heterocycles. The number of nitrogens with one attached hydrogen (secondary N) is 1. The summed E-state index contributed by atoms with van der Waals surface area (Å²) in [6.07, 6.45) is 6.68. The number of hydrogen-bond donors (Lipinski definition) is 1. The zero-order valence-corrected chi connectivity index (χ0v) is 14.3. The van der Waals surface area contributed by atoms with Crippen molar-refractivity contribution in [2.45, 2.75) is 6.54 Å². The van der Waals surface area contributed by atoms with Crippen molar-refractivity contribution >= 4 is 23.6 Å². The van der Waals surface area contributed by atoms with E-state index in [0.29, 0.717) is 11.6 Å². The maximum absolute atomic E-state index is 12.1. The molecule has 4 heteroatoms. The number of nitrogens with zero attached hydrogens (tertiary/aromatic N) is 1. The molecule has 0 aliphatic rings. The highest BCUT2D eigenvalue weighted by molar-refractivity contribution is 6.30. The standard InChI is InChI=1S/C21H17ClN2O/c22-19-8-6-17(7-9-19)20-4-2-1-3-18(20)15-24-21(25)10-5-16-11-13-23-14-12-16/h1-14H,15H2,(H,24,25)/b10-5+. The van der Waals surface area contributed by atoms with Gasteiger partial charge in [-0.3, -0.25) is 9.78 Å². The lowest BCUT2D eigenvalue weighted by Gasteiger charge is -2.10. The van der Waals surface area contributed by atoms with Crippen LogP contribution in [0.4, 0.5) is 0 Å². The second kappa shape index (κ2) is 8.27. The van der Waals surface area contributed by atoms with Gasteiger partial charge in [0.2, 0.25) is 5.91 Å². The van der Waals surface area contributed by atoms with E-state index in [1.54, 1.807) is 18.5 Å². The summed E-state index contributed by atoms with van der Waals surface area (Å²) < 4.78 is 0. The summed E-state index contributed by atoms with van der Waals surface area (Å²) in [6.45, 7) is 0.457. The van der Waals surface area contributed by atoms with Crippen LogP contribution in [0.25, 0.3) is 17.2 Å². The van der Waals surface area contributed by atoms with Gasteiger partial charge in [0.25, 0.3) is 0 Å². The fraction of sp³-hybridized carbons (Fsp3) is 0.0476. The van der Waals surface area contributed by atoms with Gasteiger partial charge in [-0.25, -0.2) is 0 Å². The third-order valence-corrected chi connectivity index (χ3v) is 4.01. The largest absolute Gasteiger partial charge is 0.348 e. The average Bonchev–Trinajstić information content (AvgIpc) is 2.66. The second-order valence-electron chi connectivity index (χ2n) is 5.50. The Morgan fingerprint density at radius 1 is 1.00 bits per heavy atom. The second-order valence-corrected chi connectivity index (χ2v) is 5.93. The van der Waals surface area contributed by atoms with Crippen molar-refractivity contribution in [1.82, 2.24) is 10.3 Å². The molecule has 0 spiro atoms. The van der Waals surface area contributed by atoms with Gasteiger partial charge in [0.05, 0.1) is 0 Å². The molecule has 124 valence electrons. The number of aromatic nitrogens is 1. The topological polar surface area (TPSA) is 42.0 Å². The van der Waals surface area contributed by atoms with Gasteiger partial charge in [-0.15, -0.1) is 0 Å². The van der Waals surface area contributed by atoms with E-state index in [1.807, 2.05) is 60.7 Å². The summed E-state index contributed by atoms with van der Waals surface area (Å²) in [4.78, 5) is 16.0. The molecular formula is C21H17ClN2O. The van der Waals surface area contributed by atoms with Crippen molar-refractivity contribution in [2.75, 3.05) is 0 Å². The molecule has 3 rings (SSSR count). The Bertz CT molecular complexity index is 874. The number of carbonyl (C=O) groups excluding carboxylic acids is 1. The molecule has 0 atom stereocenters. The minimum absolute atomic E-state index is 0.136. The Labute approximate surface area is 152 Å². The van der Waals surface area contributed by atoms with Crippen LogP contribution in [-0.4, -0.2) is 10.9 Å². The van der Waals surface area contributed by atoms with Gasteiger partial charge in [0, 0.05) is 30.0 Å². The molecule has 3 nitrogen and oxygen atoms in total. The van der Waals surface area contributed by atoms with E-state index in [-0.39, 0.29) is 5.91 Å². The molecular weight excluding hydrogens is 332 g/mol. The summed E-state index contributed by atoms with van der Waals surface area (Å²) in [6, 6.07) is 19.4. The highest BCUT2D eigenvalue weighted by Gasteiger charge is 2.05. The molecule has 0 saturated carbocycles. The summed E-state index contributed by atoms with van der Waals surface area (Å²) in [5, 5.41) is 3.63. The minimum atomic E-state index is -0.136. The molecule has 1 amide bonds. The molecule has 0 radical (unpaired) electrons. The summed E-state index contributed by atoms with van der Waals surface area (Å²) >= 11 is 5.96. The lowest BCUT2D eigenvalue weighted by atomic mass is 10.00. The fourth-order valence-corrected chi connectivity index (χ4v) is 2.60. The lowest BCUT2D eigenvalue weighted by Crippen LogP contribution is -2.20. The summed E-state index contributed by atoms with van der Waals surface area (Å²) in [5.74, 6) is -0.136. The molecule has 1 N–H and O–H groups in total. The van der Waals surface area contributed by atoms with Gasteiger partial charge in [-0.1, -0.05) is 48.0 Å².